The van der Waals surface area contributed by atoms with Crippen molar-refractivity contribution in [3.05, 3.63) is 22.4 Å². The molecule has 0 fully saturated rings. The highest BCUT2D eigenvalue weighted by Crippen LogP contribution is 2.25. The largest absolute Gasteiger partial charge is 0.383 e. The average molecular weight is 371 g/mol. The Kier molecular flexibility index (Phi) is 10.0. The highest BCUT2D eigenvalue weighted by atomic mass is 32.1. The molecule has 3 N–H and O–H groups in total. The summed E-state index contributed by atoms with van der Waals surface area (Å²) in [5, 5.41) is 19.1. The summed E-state index contributed by atoms with van der Waals surface area (Å²) in [7, 11) is 4.13. The summed E-state index contributed by atoms with van der Waals surface area (Å²) in [6, 6.07) is 3.88. The van der Waals surface area contributed by atoms with Gasteiger partial charge in [-0.05, 0) is 52.7 Å². The Hall–Kier alpha value is -1.15. The lowest BCUT2D eigenvalue weighted by Crippen LogP contribution is -2.43. The van der Waals surface area contributed by atoms with Crippen molar-refractivity contribution in [1.82, 2.24) is 15.5 Å². The first-order valence-electron chi connectivity index (χ1n) is 8.94. The van der Waals surface area contributed by atoms with Crippen molar-refractivity contribution in [2.24, 2.45) is 4.99 Å². The topological polar surface area (TPSA) is 69.1 Å². The first-order valence-corrected chi connectivity index (χ1v) is 9.81. The zero-order valence-corrected chi connectivity index (χ0v) is 17.0. The molecule has 7 heteroatoms. The van der Waals surface area contributed by atoms with Crippen molar-refractivity contribution in [2.45, 2.75) is 38.9 Å². The molecule has 1 rings (SSSR count). The van der Waals surface area contributed by atoms with E-state index in [0.29, 0.717) is 25.7 Å². The van der Waals surface area contributed by atoms with Gasteiger partial charge in [0.25, 0.3) is 0 Å². The van der Waals surface area contributed by atoms with E-state index in [1.54, 1.807) is 18.3 Å². The Morgan fingerprint density at radius 3 is 2.72 bits per heavy atom. The molecule has 1 heterocycles. The zero-order valence-electron chi connectivity index (χ0n) is 16.2. The third-order valence-corrected chi connectivity index (χ3v) is 4.86. The Morgan fingerprint density at radius 2 is 2.16 bits per heavy atom. The zero-order chi connectivity index (χ0) is 18.7. The molecular weight excluding hydrogens is 336 g/mol. The molecule has 0 bridgehead atoms. The molecule has 0 saturated heterocycles. The predicted molar refractivity (Wildman–Crippen MR) is 106 cm³/mol. The lowest BCUT2D eigenvalue weighted by Gasteiger charge is -2.23. The van der Waals surface area contributed by atoms with Crippen LogP contribution in [0.4, 0.5) is 0 Å². The van der Waals surface area contributed by atoms with Crippen LogP contribution in [0.5, 0.6) is 0 Å². The second-order valence-electron chi connectivity index (χ2n) is 6.50. The molecular formula is C18H34N4O2S. The molecule has 0 spiro atoms. The van der Waals surface area contributed by atoms with Crippen LogP contribution in [-0.4, -0.2) is 69.0 Å². The normalized spacial score (nSPS) is 15.9. The number of hydrogen-bond donors (Lipinski definition) is 3. The van der Waals surface area contributed by atoms with E-state index in [-0.39, 0.29) is 6.10 Å². The first-order chi connectivity index (χ1) is 11.9. The molecule has 2 unspecified atom stereocenters. The van der Waals surface area contributed by atoms with E-state index in [1.165, 1.54) is 0 Å². The second kappa shape index (κ2) is 11.5. The van der Waals surface area contributed by atoms with Gasteiger partial charge in [-0.25, -0.2) is 4.99 Å². The fraction of sp³-hybridized carbons (Fsp3) is 0.722. The number of thiophene rings is 1. The van der Waals surface area contributed by atoms with Crippen LogP contribution in [0, 0.1) is 0 Å². The SMILES string of the molecule is CCNC(=NCC(C)(O)c1cccs1)NCC(CCN(C)C)OCC. The van der Waals surface area contributed by atoms with Crippen molar-refractivity contribution in [3.63, 3.8) is 0 Å². The molecule has 2 atom stereocenters. The Morgan fingerprint density at radius 1 is 1.40 bits per heavy atom. The third kappa shape index (κ3) is 8.67. The summed E-state index contributed by atoms with van der Waals surface area (Å²) in [6.45, 7) is 9.28. The number of nitrogens with one attached hydrogen (secondary N) is 2. The van der Waals surface area contributed by atoms with Gasteiger partial charge in [0.15, 0.2) is 5.96 Å². The van der Waals surface area contributed by atoms with E-state index in [2.05, 4.69) is 34.6 Å². The van der Waals surface area contributed by atoms with Crippen LogP contribution in [0.15, 0.2) is 22.5 Å². The van der Waals surface area contributed by atoms with Crippen LogP contribution in [0.25, 0.3) is 0 Å². The van der Waals surface area contributed by atoms with Crippen molar-refractivity contribution in [1.29, 1.82) is 0 Å². The molecule has 0 aromatic carbocycles. The molecule has 0 amide bonds. The van der Waals surface area contributed by atoms with Crippen LogP contribution in [0.1, 0.15) is 32.1 Å². The summed E-state index contributed by atoms with van der Waals surface area (Å²) in [5.41, 5.74) is -0.958. The molecule has 0 aliphatic carbocycles. The number of guanidine groups is 1. The molecule has 1 aromatic heterocycles. The molecule has 0 radical (unpaired) electrons. The van der Waals surface area contributed by atoms with Gasteiger partial charge in [0, 0.05) is 31.1 Å². The Balaban J connectivity index is 2.61. The predicted octanol–water partition coefficient (Wildman–Crippen LogP) is 1.87. The lowest BCUT2D eigenvalue weighted by molar-refractivity contribution is 0.0546. The first kappa shape index (κ1) is 21.9. The van der Waals surface area contributed by atoms with Gasteiger partial charge in [-0.3, -0.25) is 0 Å². The molecule has 1 aromatic rings. The van der Waals surface area contributed by atoms with Gasteiger partial charge in [0.2, 0.25) is 0 Å². The highest BCUT2D eigenvalue weighted by Gasteiger charge is 2.24. The average Bonchev–Trinajstić information content (AvgIpc) is 3.10. The van der Waals surface area contributed by atoms with Gasteiger partial charge in [-0.2, -0.15) is 0 Å². The Labute approximate surface area is 156 Å². The number of hydrogen-bond acceptors (Lipinski definition) is 5. The van der Waals surface area contributed by atoms with E-state index < -0.39 is 5.60 Å². The smallest absolute Gasteiger partial charge is 0.191 e. The molecule has 25 heavy (non-hydrogen) atoms. The van der Waals surface area contributed by atoms with Crippen molar-refractivity contribution in [3.8, 4) is 0 Å². The maximum atomic E-state index is 10.6. The minimum Gasteiger partial charge on any atom is -0.383 e. The van der Waals surface area contributed by atoms with Crippen LogP contribution < -0.4 is 10.6 Å². The van der Waals surface area contributed by atoms with Gasteiger partial charge >= 0.3 is 0 Å². The summed E-state index contributed by atoms with van der Waals surface area (Å²) in [5.74, 6) is 0.703. The van der Waals surface area contributed by atoms with E-state index in [4.69, 9.17) is 4.74 Å². The van der Waals surface area contributed by atoms with Gasteiger partial charge in [0.05, 0.1) is 12.6 Å². The Bertz CT molecular complexity index is 489. The number of aliphatic hydroxyl groups is 1. The van der Waals surface area contributed by atoms with Gasteiger partial charge < -0.3 is 25.4 Å². The minimum absolute atomic E-state index is 0.133. The fourth-order valence-corrected chi connectivity index (χ4v) is 3.11. The molecule has 6 nitrogen and oxygen atoms in total. The van der Waals surface area contributed by atoms with Crippen LogP contribution in [0.2, 0.25) is 0 Å². The molecule has 0 aliphatic rings. The molecule has 0 saturated carbocycles. The fourth-order valence-electron chi connectivity index (χ4n) is 2.33. The number of rotatable bonds is 11. The highest BCUT2D eigenvalue weighted by molar-refractivity contribution is 7.10. The summed E-state index contributed by atoms with van der Waals surface area (Å²) in [4.78, 5) is 7.63. The van der Waals surface area contributed by atoms with Crippen LogP contribution in [-0.2, 0) is 10.3 Å². The number of nitrogens with zero attached hydrogens (tertiary/aromatic N) is 2. The van der Waals surface area contributed by atoms with Crippen LogP contribution >= 0.6 is 11.3 Å². The standard InChI is InChI=1S/C18H34N4O2S/c1-6-19-17(20-13-15(24-7-2)10-11-22(4)5)21-14-18(3,23)16-9-8-12-25-16/h8-9,12,15,23H,6-7,10-11,13-14H2,1-5H3,(H2,19,20,21). The quantitative estimate of drug-likeness (QED) is 0.410. The van der Waals surface area contributed by atoms with Crippen molar-refractivity contribution in [2.75, 3.05) is 46.9 Å². The second-order valence-corrected chi connectivity index (χ2v) is 7.44. The van der Waals surface area contributed by atoms with E-state index in [9.17, 15) is 5.11 Å². The van der Waals surface area contributed by atoms with Crippen molar-refractivity contribution >= 4 is 17.3 Å². The summed E-state index contributed by atoms with van der Waals surface area (Å²) >= 11 is 1.54. The molecule has 144 valence electrons. The van der Waals surface area contributed by atoms with Crippen molar-refractivity contribution < 1.29 is 9.84 Å². The van der Waals surface area contributed by atoms with Crippen LogP contribution in [0.3, 0.4) is 0 Å². The number of ether oxygens (including phenoxy) is 1. The summed E-state index contributed by atoms with van der Waals surface area (Å²) in [6.07, 6.45) is 1.09. The third-order valence-electron chi connectivity index (χ3n) is 3.74. The molecule has 0 aliphatic heterocycles. The minimum atomic E-state index is -0.958. The lowest BCUT2D eigenvalue weighted by atomic mass is 10.1. The van der Waals surface area contributed by atoms with E-state index in [1.807, 2.05) is 31.4 Å². The van der Waals surface area contributed by atoms with E-state index in [0.717, 1.165) is 24.4 Å². The van der Waals surface area contributed by atoms with E-state index >= 15 is 0 Å². The van der Waals surface area contributed by atoms with Gasteiger partial charge in [0.1, 0.15) is 5.60 Å². The van der Waals surface area contributed by atoms with Gasteiger partial charge in [-0.15, -0.1) is 11.3 Å². The maximum absolute atomic E-state index is 10.6. The monoisotopic (exact) mass is 370 g/mol. The number of aliphatic imine (C=N–C) groups is 1. The van der Waals surface area contributed by atoms with Gasteiger partial charge in [-0.1, -0.05) is 6.07 Å². The maximum Gasteiger partial charge on any atom is 0.191 e. The summed E-state index contributed by atoms with van der Waals surface area (Å²) < 4.78 is 5.81.